The van der Waals surface area contributed by atoms with E-state index in [0.717, 1.165) is 12.8 Å². The summed E-state index contributed by atoms with van der Waals surface area (Å²) < 4.78 is 0. The van der Waals surface area contributed by atoms with Crippen molar-refractivity contribution in [3.05, 3.63) is 34.4 Å². The van der Waals surface area contributed by atoms with Crippen LogP contribution in [0.15, 0.2) is 24.3 Å². The van der Waals surface area contributed by atoms with Gasteiger partial charge in [0.25, 0.3) is 5.69 Å². The van der Waals surface area contributed by atoms with Gasteiger partial charge in [0.15, 0.2) is 0 Å². The minimum absolute atomic E-state index is 0. The van der Waals surface area contributed by atoms with Crippen molar-refractivity contribution in [3.63, 3.8) is 0 Å². The number of benzene rings is 1. The summed E-state index contributed by atoms with van der Waals surface area (Å²) in [4.78, 5) is 24.4. The molecule has 1 aromatic rings. The monoisotopic (exact) mass is 328 g/mol. The van der Waals surface area contributed by atoms with Gasteiger partial charge in [-0.2, -0.15) is 0 Å². The van der Waals surface area contributed by atoms with Gasteiger partial charge >= 0.3 is 0 Å². The number of carbonyl (C=O) groups is 1. The number of nitrogens with zero attached hydrogens (tertiary/aromatic N) is 2. The number of rotatable bonds is 7. The average molecular weight is 329 g/mol. The quantitative estimate of drug-likeness (QED) is 0.585. The Balaban J connectivity index is 0.00000242. The van der Waals surface area contributed by atoms with Gasteiger partial charge in [0.05, 0.1) is 11.5 Å². The third-order valence-corrected chi connectivity index (χ3v) is 3.74. The molecule has 0 aliphatic heterocycles. The molecule has 0 radical (unpaired) electrons. The number of nitro groups is 1. The lowest BCUT2D eigenvalue weighted by Gasteiger charge is -2.26. The lowest BCUT2D eigenvalue weighted by atomic mass is 10.1. The lowest BCUT2D eigenvalue weighted by molar-refractivity contribution is -0.383. The highest BCUT2D eigenvalue weighted by Crippen LogP contribution is 2.34. The molecule has 3 N–H and O–H groups in total. The summed E-state index contributed by atoms with van der Waals surface area (Å²) in [6.45, 7) is 0.685. The molecule has 1 aliphatic carbocycles. The first-order chi connectivity index (χ1) is 10.0. The first-order valence-corrected chi connectivity index (χ1v) is 6.96. The molecule has 22 heavy (non-hydrogen) atoms. The zero-order chi connectivity index (χ0) is 15.4. The lowest BCUT2D eigenvalue weighted by Crippen LogP contribution is -2.43. The summed E-state index contributed by atoms with van der Waals surface area (Å²) in [7, 11) is 1.86. The van der Waals surface area contributed by atoms with Crippen LogP contribution in [-0.4, -0.2) is 41.9 Å². The highest BCUT2D eigenvalue weighted by molar-refractivity contribution is 5.94. The van der Waals surface area contributed by atoms with Crippen molar-refractivity contribution in [3.8, 4) is 0 Å². The topological polar surface area (TPSA) is 102 Å². The predicted molar refractivity (Wildman–Crippen MR) is 87.2 cm³/mol. The van der Waals surface area contributed by atoms with E-state index in [1.807, 2.05) is 11.9 Å². The molecule has 0 spiro atoms. The average Bonchev–Trinajstić information content (AvgIpc) is 3.24. The number of likely N-dealkylation sites (N-methyl/N-ethyl adjacent to an activating group) is 1. The normalized spacial score (nSPS) is 15.0. The van der Waals surface area contributed by atoms with Crippen LogP contribution >= 0.6 is 12.4 Å². The Hall–Kier alpha value is -1.70. The second kappa shape index (κ2) is 8.07. The van der Waals surface area contributed by atoms with E-state index in [2.05, 4.69) is 5.32 Å². The molecule has 2 rings (SSSR count). The van der Waals surface area contributed by atoms with Crippen LogP contribution in [0.4, 0.5) is 11.4 Å². The molecule has 0 bridgehead atoms. The smallest absolute Gasteiger partial charge is 0.292 e. The maximum absolute atomic E-state index is 12.0. The van der Waals surface area contributed by atoms with Gasteiger partial charge in [-0.25, -0.2) is 0 Å². The van der Waals surface area contributed by atoms with Crippen LogP contribution in [0, 0.1) is 16.0 Å². The summed E-state index contributed by atoms with van der Waals surface area (Å²) in [5.74, 6) is 0.296. The number of halogens is 1. The fraction of sp³-hybridized carbons (Fsp3) is 0.500. The van der Waals surface area contributed by atoms with Crippen molar-refractivity contribution in [2.75, 3.05) is 25.5 Å². The number of nitro benzene ring substituents is 1. The molecule has 0 aromatic heterocycles. The van der Waals surface area contributed by atoms with Crippen molar-refractivity contribution in [1.82, 2.24) is 4.90 Å². The number of anilines is 1. The number of carbonyl (C=O) groups excluding carboxylic acids is 1. The van der Waals surface area contributed by atoms with Crippen molar-refractivity contribution in [2.45, 2.75) is 18.9 Å². The second-order valence-corrected chi connectivity index (χ2v) is 5.38. The minimum atomic E-state index is -0.508. The molecule has 122 valence electrons. The maximum Gasteiger partial charge on any atom is 0.292 e. The Labute approximate surface area is 135 Å². The number of hydrogen-bond donors (Lipinski definition) is 2. The molecule has 8 heteroatoms. The summed E-state index contributed by atoms with van der Waals surface area (Å²) >= 11 is 0. The zero-order valence-electron chi connectivity index (χ0n) is 12.4. The third kappa shape index (κ3) is 4.66. The van der Waals surface area contributed by atoms with Gasteiger partial charge in [-0.3, -0.25) is 19.8 Å². The van der Waals surface area contributed by atoms with Gasteiger partial charge in [-0.1, -0.05) is 12.1 Å². The SMILES string of the molecule is CN(CC(=O)Nc1ccccc1[N+](=O)[O-])C(CN)C1CC1.Cl. The van der Waals surface area contributed by atoms with E-state index < -0.39 is 4.92 Å². The number of hydrogen-bond acceptors (Lipinski definition) is 5. The standard InChI is InChI=1S/C14H20N4O3.ClH/c1-17(13(8-15)10-6-7-10)9-14(19)16-11-4-2-3-5-12(11)18(20)21;/h2-5,10,13H,6-9,15H2,1H3,(H,16,19);1H. The van der Waals surface area contributed by atoms with Crippen LogP contribution in [-0.2, 0) is 4.79 Å². The van der Waals surface area contributed by atoms with Crippen molar-refractivity contribution >= 4 is 29.7 Å². The third-order valence-electron chi connectivity index (χ3n) is 3.74. The second-order valence-electron chi connectivity index (χ2n) is 5.38. The van der Waals surface area contributed by atoms with Crippen LogP contribution in [0.2, 0.25) is 0 Å². The van der Waals surface area contributed by atoms with E-state index in [1.165, 1.54) is 12.1 Å². The highest BCUT2D eigenvalue weighted by atomic mass is 35.5. The van der Waals surface area contributed by atoms with E-state index in [1.54, 1.807) is 12.1 Å². The molecule has 0 heterocycles. The summed E-state index contributed by atoms with van der Waals surface area (Å²) in [6, 6.07) is 6.31. The molecule has 1 atom stereocenters. The molecule has 1 amide bonds. The van der Waals surface area contributed by atoms with Gasteiger partial charge < -0.3 is 11.1 Å². The van der Waals surface area contributed by atoms with Gasteiger partial charge in [0, 0.05) is 18.7 Å². The van der Waals surface area contributed by atoms with E-state index in [4.69, 9.17) is 5.73 Å². The van der Waals surface area contributed by atoms with Crippen LogP contribution < -0.4 is 11.1 Å². The fourth-order valence-corrected chi connectivity index (χ4v) is 2.49. The van der Waals surface area contributed by atoms with E-state index >= 15 is 0 Å². The van der Waals surface area contributed by atoms with Crippen molar-refractivity contribution in [1.29, 1.82) is 0 Å². The van der Waals surface area contributed by atoms with Crippen LogP contribution in [0.25, 0.3) is 0 Å². The van der Waals surface area contributed by atoms with E-state index in [9.17, 15) is 14.9 Å². The number of nitrogens with two attached hydrogens (primary N) is 1. The largest absolute Gasteiger partial charge is 0.329 e. The van der Waals surface area contributed by atoms with Crippen molar-refractivity contribution < 1.29 is 9.72 Å². The molecule has 1 saturated carbocycles. The molecular formula is C14H21ClN4O3. The number of amides is 1. The van der Waals surface area contributed by atoms with E-state index in [0.29, 0.717) is 12.5 Å². The Morgan fingerprint density at radius 1 is 1.50 bits per heavy atom. The Morgan fingerprint density at radius 2 is 2.14 bits per heavy atom. The first kappa shape index (κ1) is 18.3. The van der Waals surface area contributed by atoms with Gasteiger partial charge in [-0.15, -0.1) is 12.4 Å². The minimum Gasteiger partial charge on any atom is -0.329 e. The first-order valence-electron chi connectivity index (χ1n) is 6.96. The Morgan fingerprint density at radius 3 is 2.68 bits per heavy atom. The molecule has 1 unspecified atom stereocenters. The number of para-hydroxylation sites is 2. The van der Waals surface area contributed by atoms with Gasteiger partial charge in [0.2, 0.25) is 5.91 Å². The van der Waals surface area contributed by atoms with Gasteiger partial charge in [-0.05, 0) is 31.9 Å². The molecule has 1 fully saturated rings. The fourth-order valence-electron chi connectivity index (χ4n) is 2.49. The van der Waals surface area contributed by atoms with Crippen LogP contribution in [0.5, 0.6) is 0 Å². The predicted octanol–water partition coefficient (Wildman–Crippen LogP) is 1.62. The Kier molecular flexibility index (Phi) is 6.73. The van der Waals surface area contributed by atoms with Gasteiger partial charge in [0.1, 0.15) is 5.69 Å². The molecule has 0 saturated heterocycles. The summed E-state index contributed by atoms with van der Waals surface area (Å²) in [5, 5.41) is 13.5. The maximum atomic E-state index is 12.0. The Bertz CT molecular complexity index is 537. The molecule has 7 nitrogen and oxygen atoms in total. The molecular weight excluding hydrogens is 308 g/mol. The van der Waals surface area contributed by atoms with Crippen LogP contribution in [0.3, 0.4) is 0 Å². The molecule has 1 aliphatic rings. The zero-order valence-corrected chi connectivity index (χ0v) is 13.2. The number of nitrogens with one attached hydrogen (secondary N) is 1. The summed E-state index contributed by atoms with van der Waals surface area (Å²) in [6.07, 6.45) is 2.30. The van der Waals surface area contributed by atoms with Crippen molar-refractivity contribution in [2.24, 2.45) is 11.7 Å². The van der Waals surface area contributed by atoms with Crippen LogP contribution in [0.1, 0.15) is 12.8 Å². The molecule has 1 aromatic carbocycles. The highest BCUT2D eigenvalue weighted by Gasteiger charge is 2.33. The summed E-state index contributed by atoms with van der Waals surface area (Å²) in [5.41, 5.74) is 5.86. The van der Waals surface area contributed by atoms with E-state index in [-0.39, 0.29) is 42.3 Å².